The Hall–Kier alpha value is -5.08. The molecule has 0 radical (unpaired) electrons. The van der Waals surface area contributed by atoms with Gasteiger partial charge in [-0.1, -0.05) is 0 Å². The maximum absolute atomic E-state index is 14.0. The third kappa shape index (κ3) is 7.76. The van der Waals surface area contributed by atoms with Crippen LogP contribution in [0.25, 0.3) is 22.1 Å². The van der Waals surface area contributed by atoms with Gasteiger partial charge in [-0.15, -0.1) is 0 Å². The summed E-state index contributed by atoms with van der Waals surface area (Å²) in [7, 11) is 0. The highest BCUT2D eigenvalue weighted by molar-refractivity contribution is 6.08. The lowest BCUT2D eigenvalue weighted by Gasteiger charge is -2.11. The van der Waals surface area contributed by atoms with Gasteiger partial charge in [-0.25, -0.2) is 0 Å². The number of fused-ring (bicyclic) bond motifs is 8. The minimum absolute atomic E-state index is 0.0101. The number of nitrogens with zero attached hydrogens (tertiary/aromatic N) is 4. The van der Waals surface area contributed by atoms with Crippen molar-refractivity contribution in [3.05, 3.63) is 70.3 Å². The first kappa shape index (κ1) is 32.3. The van der Waals surface area contributed by atoms with E-state index in [-0.39, 0.29) is 23.5 Å². The largest absolute Gasteiger partial charge is 0.370 e. The van der Waals surface area contributed by atoms with E-state index < -0.39 is 12.1 Å². The number of nitrogens with two attached hydrogens (primary N) is 6. The van der Waals surface area contributed by atoms with Crippen LogP contribution in [0, 0.1) is 0 Å². The number of Topliss-reactive ketones (excluding diaryl/α,β-unsaturated/α-hetero) is 2. The summed E-state index contributed by atoms with van der Waals surface area (Å²) in [6.45, 7) is 0.727. The van der Waals surface area contributed by atoms with E-state index in [9.17, 15) is 9.59 Å². The Balaban J connectivity index is 1.66. The van der Waals surface area contributed by atoms with Crippen LogP contribution in [0.15, 0.2) is 46.4 Å². The molecule has 8 bridgehead atoms. The monoisotopic (exact) mass is 626 g/mol. The lowest BCUT2D eigenvalue weighted by molar-refractivity contribution is 0.0950. The Bertz CT molecular complexity index is 1700. The van der Waals surface area contributed by atoms with Crippen molar-refractivity contribution >= 4 is 45.6 Å². The first-order valence-electron chi connectivity index (χ1n) is 15.5. The Labute approximate surface area is 266 Å². The van der Waals surface area contributed by atoms with Gasteiger partial charge in [-0.3, -0.25) is 29.5 Å². The molecule has 0 saturated carbocycles. The molecule has 0 amide bonds. The van der Waals surface area contributed by atoms with Crippen LogP contribution in [0.5, 0.6) is 0 Å². The van der Waals surface area contributed by atoms with Crippen molar-refractivity contribution in [3.8, 4) is 0 Å². The van der Waals surface area contributed by atoms with Crippen LogP contribution in [-0.2, 0) is 25.7 Å². The fourth-order valence-corrected chi connectivity index (χ4v) is 5.81. The fourth-order valence-electron chi connectivity index (χ4n) is 5.81. The zero-order valence-electron chi connectivity index (χ0n) is 25.8. The van der Waals surface area contributed by atoms with Gasteiger partial charge in [0.1, 0.15) is 0 Å². The van der Waals surface area contributed by atoms with Crippen LogP contribution in [0.1, 0.15) is 69.2 Å². The lowest BCUT2D eigenvalue weighted by Crippen LogP contribution is -2.32. The van der Waals surface area contributed by atoms with E-state index in [1.807, 2.05) is 36.4 Å². The number of hydrogen-bond donors (Lipinski definition) is 8. The van der Waals surface area contributed by atoms with Gasteiger partial charge in [-0.2, -0.15) is 0 Å². The maximum atomic E-state index is 14.0. The average molecular weight is 627 g/mol. The lowest BCUT2D eigenvalue weighted by atomic mass is 9.97. The van der Waals surface area contributed by atoms with Gasteiger partial charge in [0.25, 0.3) is 0 Å². The predicted octanol–water partition coefficient (Wildman–Crippen LogP) is 1.01. The average Bonchev–Trinajstić information content (AvgIpc) is 3.83. The number of aliphatic imine (C=N–C) groups is 2. The zero-order chi connectivity index (χ0) is 32.8. The number of H-pyrrole nitrogens is 2. The van der Waals surface area contributed by atoms with Crippen LogP contribution >= 0.6 is 0 Å². The molecule has 0 aliphatic carbocycles. The summed E-state index contributed by atoms with van der Waals surface area (Å²) in [6.07, 6.45) is 4.26. The normalized spacial score (nSPS) is 14.0. The number of hydrogen-bond acceptors (Lipinski definition) is 8. The summed E-state index contributed by atoms with van der Waals surface area (Å²) >= 11 is 0. The van der Waals surface area contributed by atoms with E-state index in [1.165, 1.54) is 0 Å². The summed E-state index contributed by atoms with van der Waals surface area (Å²) in [6, 6.07) is 9.90. The molecule has 2 aliphatic rings. The summed E-state index contributed by atoms with van der Waals surface area (Å²) in [5, 5.41) is 0. The maximum Gasteiger partial charge on any atom is 0.185 e. The number of ketones is 2. The molecular weight excluding hydrogens is 584 g/mol. The van der Waals surface area contributed by atoms with Gasteiger partial charge >= 0.3 is 0 Å². The minimum Gasteiger partial charge on any atom is -0.370 e. The number of aromatic nitrogens is 4. The summed E-state index contributed by atoms with van der Waals surface area (Å²) < 4.78 is 0. The highest BCUT2D eigenvalue weighted by Crippen LogP contribution is 2.26. The molecule has 0 aromatic carbocycles. The van der Waals surface area contributed by atoms with Crippen molar-refractivity contribution in [1.82, 2.24) is 19.9 Å². The second-order valence-corrected chi connectivity index (χ2v) is 11.6. The molecule has 46 heavy (non-hydrogen) atoms. The molecule has 14 heteroatoms. The Morgan fingerprint density at radius 1 is 0.674 bits per heavy atom. The van der Waals surface area contributed by atoms with Crippen LogP contribution in [0.3, 0.4) is 0 Å². The number of carbonyl (C=O) groups excluding carboxylic acids is 2. The molecule has 2 aliphatic heterocycles. The van der Waals surface area contributed by atoms with E-state index >= 15 is 0 Å². The number of carbonyl (C=O) groups is 2. The standard InChI is InChI=1S/C32H42N12O2/c33-21(3-1-13-39-31(35)36)29(45)27-23-9-7-19(42-23)15-17-5-6-18(41-17)16-20-8-10-24(43-20)28(26-12-11-25(27)44-26)30(46)22(34)4-2-14-40-32(37)38/h7-10,15-16,21-22,42-43H,1-6,11-14,33-34H2,(H4,35,36,39)(H4,37,38,40)/t21-,22-/m0/s1. The highest BCUT2D eigenvalue weighted by atomic mass is 16.1. The Morgan fingerprint density at radius 3 is 1.52 bits per heavy atom. The molecule has 2 atom stereocenters. The third-order valence-corrected chi connectivity index (χ3v) is 8.07. The molecule has 5 heterocycles. The molecule has 14 N–H and O–H groups in total. The van der Waals surface area contributed by atoms with Crippen LogP contribution in [0.2, 0.25) is 0 Å². The molecule has 0 fully saturated rings. The van der Waals surface area contributed by atoms with Crippen molar-refractivity contribution in [2.24, 2.45) is 44.4 Å². The quantitative estimate of drug-likeness (QED) is 0.0611. The molecule has 3 aromatic rings. The second-order valence-electron chi connectivity index (χ2n) is 11.6. The Morgan fingerprint density at radius 2 is 1.11 bits per heavy atom. The first-order chi connectivity index (χ1) is 22.1. The SMILES string of the molecule is NC(N)=NCCC[C@H](N)C(=O)c1c2nc(c(C(=O)[C@@H](N)CCCN=C(N)N)c3ccc(cc4nc(cc5ccc1[nH]5)CC4)[nH]3)CC2. The van der Waals surface area contributed by atoms with Crippen molar-refractivity contribution in [2.75, 3.05) is 13.1 Å². The van der Waals surface area contributed by atoms with Gasteiger partial charge in [0, 0.05) is 35.5 Å². The second kappa shape index (κ2) is 14.3. The Kier molecular flexibility index (Phi) is 10.1. The first-order valence-corrected chi connectivity index (χ1v) is 15.5. The van der Waals surface area contributed by atoms with E-state index in [1.54, 1.807) is 0 Å². The topological polar surface area (TPSA) is 272 Å². The van der Waals surface area contributed by atoms with E-state index in [0.717, 1.165) is 35.3 Å². The summed E-state index contributed by atoms with van der Waals surface area (Å²) in [5.74, 6) is -0.531. The summed E-state index contributed by atoms with van der Waals surface area (Å²) in [5.41, 5.74) is 41.2. The summed E-state index contributed by atoms with van der Waals surface area (Å²) in [4.78, 5) is 52.4. The van der Waals surface area contributed by atoms with E-state index in [0.29, 0.717) is 85.2 Å². The molecular formula is C32H42N12O2. The molecule has 3 aromatic heterocycles. The predicted molar refractivity (Wildman–Crippen MR) is 180 cm³/mol. The van der Waals surface area contributed by atoms with Crippen LogP contribution in [0.4, 0.5) is 0 Å². The third-order valence-electron chi connectivity index (χ3n) is 8.07. The van der Waals surface area contributed by atoms with Crippen LogP contribution < -0.4 is 34.4 Å². The van der Waals surface area contributed by atoms with Gasteiger partial charge < -0.3 is 44.4 Å². The zero-order valence-corrected chi connectivity index (χ0v) is 25.8. The molecule has 0 saturated heterocycles. The number of nitrogens with one attached hydrogen (secondary N) is 2. The van der Waals surface area contributed by atoms with Crippen molar-refractivity contribution in [3.63, 3.8) is 0 Å². The van der Waals surface area contributed by atoms with E-state index in [4.69, 9.17) is 44.4 Å². The number of aromatic amines is 2. The number of guanidine groups is 2. The van der Waals surface area contributed by atoms with Crippen molar-refractivity contribution in [2.45, 2.75) is 63.5 Å². The molecule has 5 rings (SSSR count). The van der Waals surface area contributed by atoms with Crippen molar-refractivity contribution < 1.29 is 9.59 Å². The fraction of sp³-hybridized carbons (Fsp3) is 0.375. The molecule has 0 spiro atoms. The van der Waals surface area contributed by atoms with Gasteiger partial charge in [-0.05, 0) is 87.8 Å². The van der Waals surface area contributed by atoms with Gasteiger partial charge in [0.05, 0.1) is 45.6 Å². The smallest absolute Gasteiger partial charge is 0.185 e. The van der Waals surface area contributed by atoms with Crippen LogP contribution in [-0.4, -0.2) is 68.6 Å². The van der Waals surface area contributed by atoms with Gasteiger partial charge in [0.2, 0.25) is 0 Å². The minimum atomic E-state index is -0.807. The van der Waals surface area contributed by atoms with Crippen molar-refractivity contribution in [1.29, 1.82) is 0 Å². The molecule has 0 unspecified atom stereocenters. The molecule has 14 nitrogen and oxygen atoms in total. The highest BCUT2D eigenvalue weighted by Gasteiger charge is 2.27. The number of aryl methyl sites for hydroxylation is 4. The molecule has 242 valence electrons. The van der Waals surface area contributed by atoms with E-state index in [2.05, 4.69) is 20.0 Å². The number of rotatable bonds is 12. The van der Waals surface area contributed by atoms with Gasteiger partial charge in [0.15, 0.2) is 23.5 Å².